The van der Waals surface area contributed by atoms with Gasteiger partial charge in [-0.25, -0.2) is 0 Å². The summed E-state index contributed by atoms with van der Waals surface area (Å²) in [5.41, 5.74) is 2.51. The molecular weight excluding hydrogens is 228 g/mol. The zero-order chi connectivity index (χ0) is 12.4. The lowest BCUT2D eigenvalue weighted by Crippen LogP contribution is -2.29. The maximum Gasteiger partial charge on any atom is 0.191 e. The molecule has 1 aliphatic rings. The zero-order valence-electron chi connectivity index (χ0n) is 10.3. The Hall–Kier alpha value is -1.82. The normalized spacial score (nSPS) is 20.4. The maximum atomic E-state index is 4.51. The highest BCUT2D eigenvalue weighted by Gasteiger charge is 2.23. The Balaban J connectivity index is 1.78. The summed E-state index contributed by atoms with van der Waals surface area (Å²) in [7, 11) is 0. The lowest BCUT2D eigenvalue weighted by atomic mass is 9.91. The fourth-order valence-corrected chi connectivity index (χ4v) is 2.50. The molecule has 0 radical (unpaired) electrons. The third kappa shape index (κ3) is 2.11. The van der Waals surface area contributed by atoms with Crippen LogP contribution >= 0.6 is 0 Å². The van der Waals surface area contributed by atoms with Crippen LogP contribution in [0, 0.1) is 0 Å². The largest absolute Gasteiger partial charge is 0.299 e. The topological polar surface area (TPSA) is 79.4 Å². The number of nitrogens with one attached hydrogen (secondary N) is 2. The van der Waals surface area contributed by atoms with Crippen molar-refractivity contribution in [2.24, 2.45) is 0 Å². The molecule has 0 spiro atoms. The molecule has 2 aromatic rings. The third-order valence-corrected chi connectivity index (χ3v) is 3.40. The van der Waals surface area contributed by atoms with E-state index in [1.807, 2.05) is 19.2 Å². The molecule has 2 heterocycles. The summed E-state index contributed by atoms with van der Waals surface area (Å²) in [6.07, 6.45) is 5.28. The van der Waals surface area contributed by atoms with Crippen LogP contribution in [0.3, 0.4) is 0 Å². The van der Waals surface area contributed by atoms with Gasteiger partial charge in [0.2, 0.25) is 0 Å². The number of tetrazole rings is 1. The van der Waals surface area contributed by atoms with Crippen molar-refractivity contribution >= 4 is 0 Å². The molecule has 3 rings (SSSR count). The molecule has 2 N–H and O–H groups in total. The number of nitrogens with zero attached hydrogens (tertiary/aromatic N) is 4. The van der Waals surface area contributed by atoms with Crippen molar-refractivity contribution in [3.05, 3.63) is 35.4 Å². The second-order valence-corrected chi connectivity index (χ2v) is 4.65. The van der Waals surface area contributed by atoms with E-state index < -0.39 is 0 Å². The first-order chi connectivity index (χ1) is 8.84. The fourth-order valence-electron chi connectivity index (χ4n) is 2.50. The zero-order valence-corrected chi connectivity index (χ0v) is 10.3. The van der Waals surface area contributed by atoms with Crippen molar-refractivity contribution in [1.82, 2.24) is 30.9 Å². The molecule has 18 heavy (non-hydrogen) atoms. The van der Waals surface area contributed by atoms with Crippen molar-refractivity contribution in [3.63, 3.8) is 0 Å². The van der Waals surface area contributed by atoms with Crippen molar-refractivity contribution in [2.45, 2.75) is 38.3 Å². The molecular formula is C12H16N6. The highest BCUT2D eigenvalue weighted by atomic mass is 15.5. The first-order valence-electron chi connectivity index (χ1n) is 6.28. The van der Waals surface area contributed by atoms with Gasteiger partial charge in [0, 0.05) is 6.20 Å². The van der Waals surface area contributed by atoms with Crippen LogP contribution in [0.5, 0.6) is 0 Å². The number of aryl methyl sites for hydroxylation is 1. The predicted octanol–water partition coefficient (Wildman–Crippen LogP) is 1.32. The summed E-state index contributed by atoms with van der Waals surface area (Å²) in [4.78, 5) is 4.51. The quantitative estimate of drug-likeness (QED) is 0.851. The van der Waals surface area contributed by atoms with Gasteiger partial charge in [-0.15, -0.1) is 10.2 Å². The Morgan fingerprint density at radius 1 is 1.50 bits per heavy atom. The highest BCUT2D eigenvalue weighted by Crippen LogP contribution is 2.29. The average Bonchev–Trinajstić information content (AvgIpc) is 2.93. The van der Waals surface area contributed by atoms with E-state index in [1.54, 1.807) is 0 Å². The van der Waals surface area contributed by atoms with Gasteiger partial charge in [0.05, 0.1) is 17.8 Å². The second kappa shape index (κ2) is 4.81. The van der Waals surface area contributed by atoms with Gasteiger partial charge >= 0.3 is 0 Å². The van der Waals surface area contributed by atoms with Crippen LogP contribution in [0.4, 0.5) is 0 Å². The minimum atomic E-state index is 0.0710. The number of aromatic amines is 1. The van der Waals surface area contributed by atoms with Gasteiger partial charge in [-0.05, 0) is 37.8 Å². The van der Waals surface area contributed by atoms with E-state index in [2.05, 4.69) is 37.0 Å². The number of fused-ring (bicyclic) bond motifs is 1. The van der Waals surface area contributed by atoms with E-state index in [1.165, 1.54) is 17.7 Å². The molecule has 0 amide bonds. The third-order valence-electron chi connectivity index (χ3n) is 3.40. The van der Waals surface area contributed by atoms with Gasteiger partial charge in [-0.2, -0.15) is 5.21 Å². The van der Waals surface area contributed by atoms with Gasteiger partial charge in [0.1, 0.15) is 0 Å². The number of H-pyrrole nitrogens is 1. The van der Waals surface area contributed by atoms with Gasteiger partial charge in [0.25, 0.3) is 0 Å². The highest BCUT2D eigenvalue weighted by molar-refractivity contribution is 5.25. The molecule has 0 saturated heterocycles. The second-order valence-electron chi connectivity index (χ2n) is 4.65. The summed E-state index contributed by atoms with van der Waals surface area (Å²) in [5, 5.41) is 17.6. The van der Waals surface area contributed by atoms with Gasteiger partial charge in [0.15, 0.2) is 5.82 Å². The van der Waals surface area contributed by atoms with Gasteiger partial charge < -0.3 is 0 Å². The van der Waals surface area contributed by atoms with Crippen LogP contribution in [0.1, 0.15) is 48.9 Å². The summed E-state index contributed by atoms with van der Waals surface area (Å²) >= 11 is 0. The Bertz CT molecular complexity index is 509. The number of aromatic nitrogens is 5. The van der Waals surface area contributed by atoms with E-state index >= 15 is 0 Å². The Kier molecular flexibility index (Phi) is 3.02. The van der Waals surface area contributed by atoms with Crippen molar-refractivity contribution in [2.75, 3.05) is 0 Å². The minimum absolute atomic E-state index is 0.0710. The fraction of sp³-hybridized carbons (Fsp3) is 0.500. The van der Waals surface area contributed by atoms with Gasteiger partial charge in [-0.1, -0.05) is 11.3 Å². The molecule has 2 atom stereocenters. The molecule has 0 fully saturated rings. The molecule has 6 heteroatoms. The van der Waals surface area contributed by atoms with Crippen LogP contribution in [0.15, 0.2) is 18.3 Å². The molecule has 6 nitrogen and oxygen atoms in total. The van der Waals surface area contributed by atoms with E-state index in [0.717, 1.165) is 12.8 Å². The van der Waals surface area contributed by atoms with Crippen molar-refractivity contribution in [3.8, 4) is 0 Å². The number of hydrogen-bond donors (Lipinski definition) is 2. The Morgan fingerprint density at radius 2 is 2.44 bits per heavy atom. The number of pyridine rings is 1. The lowest BCUT2D eigenvalue weighted by molar-refractivity contribution is 0.397. The van der Waals surface area contributed by atoms with Crippen molar-refractivity contribution < 1.29 is 0 Å². The molecule has 0 aromatic carbocycles. The predicted molar refractivity (Wildman–Crippen MR) is 65.6 cm³/mol. The molecule has 1 aliphatic carbocycles. The van der Waals surface area contributed by atoms with Crippen LogP contribution in [-0.2, 0) is 6.42 Å². The molecule has 94 valence electrons. The SMILES string of the molecule is CC(NC1CCCc2cccnc21)c1nn[nH]n1. The summed E-state index contributed by atoms with van der Waals surface area (Å²) in [5.74, 6) is 0.693. The molecule has 0 bridgehead atoms. The number of rotatable bonds is 3. The number of hydrogen-bond acceptors (Lipinski definition) is 5. The lowest BCUT2D eigenvalue weighted by Gasteiger charge is -2.27. The molecule has 0 aliphatic heterocycles. The smallest absolute Gasteiger partial charge is 0.191 e. The van der Waals surface area contributed by atoms with E-state index in [-0.39, 0.29) is 12.1 Å². The van der Waals surface area contributed by atoms with E-state index in [4.69, 9.17) is 0 Å². The summed E-state index contributed by atoms with van der Waals surface area (Å²) in [6.45, 7) is 2.04. The van der Waals surface area contributed by atoms with E-state index in [9.17, 15) is 0 Å². The van der Waals surface area contributed by atoms with Gasteiger partial charge in [-0.3, -0.25) is 10.3 Å². The monoisotopic (exact) mass is 244 g/mol. The van der Waals surface area contributed by atoms with Crippen LogP contribution < -0.4 is 5.32 Å². The summed E-state index contributed by atoms with van der Waals surface area (Å²) < 4.78 is 0. The Labute approximate surface area is 105 Å². The minimum Gasteiger partial charge on any atom is -0.299 e. The van der Waals surface area contributed by atoms with Crippen LogP contribution in [0.25, 0.3) is 0 Å². The van der Waals surface area contributed by atoms with E-state index in [0.29, 0.717) is 5.82 Å². The average molecular weight is 244 g/mol. The first-order valence-corrected chi connectivity index (χ1v) is 6.28. The summed E-state index contributed by atoms with van der Waals surface area (Å²) in [6, 6.07) is 4.52. The first kappa shape index (κ1) is 11.3. The molecule has 2 unspecified atom stereocenters. The Morgan fingerprint density at radius 3 is 3.28 bits per heavy atom. The molecule has 2 aromatic heterocycles. The maximum absolute atomic E-state index is 4.51. The van der Waals surface area contributed by atoms with Crippen molar-refractivity contribution in [1.29, 1.82) is 0 Å². The molecule has 0 saturated carbocycles. The van der Waals surface area contributed by atoms with Crippen LogP contribution in [0.2, 0.25) is 0 Å². The standard InChI is InChI=1S/C12H16N6/c1-8(12-15-17-18-16-12)14-10-6-2-4-9-5-3-7-13-11(9)10/h3,5,7-8,10,14H,2,4,6H2,1H3,(H,15,16,17,18). The van der Waals surface area contributed by atoms with Crippen LogP contribution in [-0.4, -0.2) is 25.6 Å².